The summed E-state index contributed by atoms with van der Waals surface area (Å²) in [5.74, 6) is 0. The van der Waals surface area contributed by atoms with E-state index in [-0.39, 0.29) is 6.23 Å². The van der Waals surface area contributed by atoms with Crippen molar-refractivity contribution in [2.24, 2.45) is 0 Å². The lowest BCUT2D eigenvalue weighted by Crippen LogP contribution is -2.38. The van der Waals surface area contributed by atoms with E-state index in [4.69, 9.17) is 9.05 Å². The molecule has 5 nitrogen and oxygen atoms in total. The molecule has 2 atom stereocenters. The molecule has 0 heterocycles. The van der Waals surface area contributed by atoms with Crippen LogP contribution in [-0.4, -0.2) is 35.7 Å². The van der Waals surface area contributed by atoms with E-state index >= 15 is 0 Å². The van der Waals surface area contributed by atoms with Crippen LogP contribution in [0.2, 0.25) is 0 Å². The van der Waals surface area contributed by atoms with E-state index in [1.807, 2.05) is 0 Å². The summed E-state index contributed by atoms with van der Waals surface area (Å²) in [5.41, 5.74) is 0. The third kappa shape index (κ3) is 28.6. The van der Waals surface area contributed by atoms with Crippen molar-refractivity contribution in [1.82, 2.24) is 4.90 Å². The molecule has 0 aromatic carbocycles. The molecule has 0 rings (SSSR count). The van der Waals surface area contributed by atoms with Crippen molar-refractivity contribution >= 4 is 7.82 Å². The van der Waals surface area contributed by atoms with Gasteiger partial charge in [0, 0.05) is 13.1 Å². The highest BCUT2D eigenvalue weighted by Gasteiger charge is 2.29. The summed E-state index contributed by atoms with van der Waals surface area (Å²) in [6.45, 7) is 11.0. The number of rotatable bonds is 34. The second kappa shape index (κ2) is 31.5. The number of nitrogens with zero attached hydrogens (tertiary/aromatic N) is 1. The van der Waals surface area contributed by atoms with E-state index in [0.29, 0.717) is 13.0 Å². The second-order valence-electron chi connectivity index (χ2n) is 12.4. The van der Waals surface area contributed by atoms with Gasteiger partial charge in [0.15, 0.2) is 0 Å². The number of phosphoric ester groups is 1. The topological polar surface area (TPSA) is 59.0 Å². The van der Waals surface area contributed by atoms with Gasteiger partial charge in [-0.15, -0.1) is 0 Å². The van der Waals surface area contributed by atoms with E-state index in [9.17, 15) is 9.46 Å². The van der Waals surface area contributed by atoms with E-state index in [0.717, 1.165) is 38.8 Å². The normalized spacial score (nSPS) is 14.1. The Hall–Kier alpha value is 0.0700. The van der Waals surface area contributed by atoms with Gasteiger partial charge in [-0.3, -0.25) is 13.9 Å². The van der Waals surface area contributed by atoms with Crippen molar-refractivity contribution in [2.45, 2.75) is 207 Å². The van der Waals surface area contributed by atoms with Crippen LogP contribution in [-0.2, 0) is 13.6 Å². The monoisotopic (exact) mass is 604 g/mol. The van der Waals surface area contributed by atoms with Gasteiger partial charge >= 0.3 is 7.82 Å². The maximum atomic E-state index is 12.8. The Morgan fingerprint density at radius 2 is 0.829 bits per heavy atom. The minimum atomic E-state index is -4.06. The first-order valence-corrected chi connectivity index (χ1v) is 19.9. The molecule has 0 aliphatic carbocycles. The van der Waals surface area contributed by atoms with Crippen molar-refractivity contribution in [3.8, 4) is 0 Å². The molecule has 1 N–H and O–H groups in total. The van der Waals surface area contributed by atoms with Gasteiger partial charge in [0.25, 0.3) is 0 Å². The molecule has 0 saturated carbocycles. The van der Waals surface area contributed by atoms with Crippen molar-refractivity contribution in [3.63, 3.8) is 0 Å². The van der Waals surface area contributed by atoms with E-state index < -0.39 is 7.82 Å². The predicted molar refractivity (Wildman–Crippen MR) is 180 cm³/mol. The minimum Gasteiger partial charge on any atom is -0.302 e. The molecule has 0 radical (unpaired) electrons. The fourth-order valence-electron chi connectivity index (χ4n) is 5.65. The zero-order valence-electron chi connectivity index (χ0n) is 28.4. The summed E-state index contributed by atoms with van der Waals surface area (Å²) in [5, 5.41) is 0. The molecule has 0 aromatic rings. The van der Waals surface area contributed by atoms with Crippen molar-refractivity contribution in [3.05, 3.63) is 0 Å². The summed E-state index contributed by atoms with van der Waals surface area (Å²) in [7, 11) is -4.06. The predicted octanol–water partition coefficient (Wildman–Crippen LogP) is 12.4. The van der Waals surface area contributed by atoms with Crippen LogP contribution in [0.5, 0.6) is 0 Å². The smallest absolute Gasteiger partial charge is 0.302 e. The van der Waals surface area contributed by atoms with Gasteiger partial charge in [0.1, 0.15) is 6.23 Å². The SMILES string of the molecule is CCCCCCCCCCCCOP(=O)(O)OC(CC)N(CCCCCCCCCC)CCCCCCCCCC. The average Bonchev–Trinajstić information content (AvgIpc) is 2.96. The Morgan fingerprint density at radius 3 is 1.17 bits per heavy atom. The van der Waals surface area contributed by atoms with Crippen LogP contribution in [0.25, 0.3) is 0 Å². The largest absolute Gasteiger partial charge is 0.473 e. The van der Waals surface area contributed by atoms with Crippen LogP contribution in [0.4, 0.5) is 0 Å². The Kier molecular flexibility index (Phi) is 31.5. The lowest BCUT2D eigenvalue weighted by Gasteiger charge is -2.32. The summed E-state index contributed by atoms with van der Waals surface area (Å²) < 4.78 is 24.1. The first-order chi connectivity index (χ1) is 20.0. The number of phosphoric acid groups is 1. The third-order valence-electron chi connectivity index (χ3n) is 8.36. The lowest BCUT2D eigenvalue weighted by atomic mass is 10.1. The van der Waals surface area contributed by atoms with Crippen molar-refractivity contribution in [1.29, 1.82) is 0 Å². The molecular weight excluding hydrogens is 529 g/mol. The van der Waals surface area contributed by atoms with Crippen LogP contribution in [0.3, 0.4) is 0 Å². The van der Waals surface area contributed by atoms with Gasteiger partial charge in [-0.05, 0) is 25.7 Å². The average molecular weight is 604 g/mol. The molecule has 2 unspecified atom stereocenters. The Morgan fingerprint density at radius 1 is 0.512 bits per heavy atom. The molecule has 6 heteroatoms. The van der Waals surface area contributed by atoms with Crippen LogP contribution in [0.15, 0.2) is 0 Å². The molecule has 0 saturated heterocycles. The Balaban J connectivity index is 4.45. The maximum Gasteiger partial charge on any atom is 0.473 e. The van der Waals surface area contributed by atoms with Crippen LogP contribution in [0, 0.1) is 0 Å². The molecular formula is C35H74NO4P. The molecule has 0 bridgehead atoms. The molecule has 41 heavy (non-hydrogen) atoms. The highest BCUT2D eigenvalue weighted by Crippen LogP contribution is 2.45. The fraction of sp³-hybridized carbons (Fsp3) is 1.00. The second-order valence-corrected chi connectivity index (χ2v) is 13.8. The van der Waals surface area contributed by atoms with E-state index in [1.165, 1.54) is 141 Å². The Bertz CT molecular complexity index is 542. The molecule has 0 aliphatic heterocycles. The Labute approximate surface area is 257 Å². The molecule has 0 aromatic heterocycles. The van der Waals surface area contributed by atoms with E-state index in [1.54, 1.807) is 0 Å². The summed E-state index contributed by atoms with van der Waals surface area (Å²) in [4.78, 5) is 12.8. The summed E-state index contributed by atoms with van der Waals surface area (Å²) in [6, 6.07) is 0. The fourth-order valence-corrected chi connectivity index (χ4v) is 6.66. The van der Waals surface area contributed by atoms with Gasteiger partial charge in [-0.25, -0.2) is 4.57 Å². The first kappa shape index (κ1) is 41.1. The third-order valence-corrected chi connectivity index (χ3v) is 9.38. The zero-order chi connectivity index (χ0) is 30.3. The van der Waals surface area contributed by atoms with Crippen molar-refractivity contribution < 1.29 is 18.5 Å². The van der Waals surface area contributed by atoms with E-state index in [2.05, 4.69) is 32.6 Å². The highest BCUT2D eigenvalue weighted by molar-refractivity contribution is 7.47. The quantitative estimate of drug-likeness (QED) is 0.0450. The molecule has 0 spiro atoms. The molecule has 248 valence electrons. The van der Waals surface area contributed by atoms with Crippen molar-refractivity contribution in [2.75, 3.05) is 19.7 Å². The van der Waals surface area contributed by atoms with Gasteiger partial charge in [-0.1, -0.05) is 175 Å². The standard InChI is InChI=1S/C35H74NO4P/c1-5-9-12-15-18-21-22-25-28-31-34-39-41(37,38)40-35(8-4)36(32-29-26-23-19-16-13-10-6-2)33-30-27-24-20-17-14-11-7-3/h35H,5-34H2,1-4H3,(H,37,38). The molecule has 0 aliphatic rings. The number of hydrogen-bond acceptors (Lipinski definition) is 4. The lowest BCUT2D eigenvalue weighted by molar-refractivity contribution is -0.00917. The highest BCUT2D eigenvalue weighted by atomic mass is 31.2. The summed E-state index contributed by atoms with van der Waals surface area (Å²) >= 11 is 0. The van der Waals surface area contributed by atoms with Gasteiger partial charge in [0.05, 0.1) is 6.61 Å². The van der Waals surface area contributed by atoms with Gasteiger partial charge < -0.3 is 4.89 Å². The molecule has 0 amide bonds. The first-order valence-electron chi connectivity index (χ1n) is 18.4. The minimum absolute atomic E-state index is 0.302. The van der Waals surface area contributed by atoms with Crippen LogP contribution >= 0.6 is 7.82 Å². The maximum absolute atomic E-state index is 12.8. The number of unbranched alkanes of at least 4 members (excludes halogenated alkanes) is 23. The zero-order valence-corrected chi connectivity index (χ0v) is 29.3. The number of hydrogen-bond donors (Lipinski definition) is 1. The van der Waals surface area contributed by atoms with Crippen LogP contribution in [0.1, 0.15) is 201 Å². The van der Waals surface area contributed by atoms with Gasteiger partial charge in [-0.2, -0.15) is 0 Å². The molecule has 0 fully saturated rings. The summed E-state index contributed by atoms with van der Waals surface area (Å²) in [6.07, 6.45) is 33.3. The van der Waals surface area contributed by atoms with Crippen LogP contribution < -0.4 is 0 Å². The van der Waals surface area contributed by atoms with Gasteiger partial charge in [0.2, 0.25) is 0 Å².